The van der Waals surface area contributed by atoms with Crippen LogP contribution in [0.15, 0.2) is 48.8 Å². The molecule has 9 heteroatoms. The van der Waals surface area contributed by atoms with E-state index >= 15 is 4.39 Å². The Morgan fingerprint density at radius 1 is 0.842 bits per heavy atom. The topological polar surface area (TPSA) is 95.6 Å². The van der Waals surface area contributed by atoms with Crippen LogP contribution in [-0.2, 0) is 6.73 Å². The van der Waals surface area contributed by atoms with Gasteiger partial charge in [0.05, 0.1) is 47.1 Å². The number of ether oxygens (including phenoxy) is 1. The minimum atomic E-state index is -0.229. The van der Waals surface area contributed by atoms with E-state index in [1.165, 1.54) is 0 Å². The minimum Gasteiger partial charge on any atom is -0.472 e. The Balaban J connectivity index is 1.14. The van der Waals surface area contributed by atoms with E-state index in [1.807, 2.05) is 53.4 Å². The highest BCUT2D eigenvalue weighted by Crippen LogP contribution is 2.43. The van der Waals surface area contributed by atoms with Gasteiger partial charge in [0.15, 0.2) is 12.5 Å². The fourth-order valence-corrected chi connectivity index (χ4v) is 6.17. The Labute approximate surface area is 218 Å². The molecule has 3 aromatic heterocycles. The molecular weight excluding hydrogens is 481 g/mol. The summed E-state index contributed by atoms with van der Waals surface area (Å²) < 4.78 is 24.1. The number of fused-ring (bicyclic) bond motifs is 5. The molecule has 0 radical (unpaired) electrons. The summed E-state index contributed by atoms with van der Waals surface area (Å²) in [5.74, 6) is 2.35. The summed E-state index contributed by atoms with van der Waals surface area (Å²) in [7, 11) is 0. The average Bonchev–Trinajstić information content (AvgIpc) is 3.78. The summed E-state index contributed by atoms with van der Waals surface area (Å²) >= 11 is 0. The first kappa shape index (κ1) is 22.1. The van der Waals surface area contributed by atoms with Crippen LogP contribution in [0.25, 0.3) is 44.7 Å². The first-order valence-corrected chi connectivity index (χ1v) is 13.4. The number of aromatic nitrogens is 5. The van der Waals surface area contributed by atoms with Crippen LogP contribution >= 0.6 is 0 Å². The summed E-state index contributed by atoms with van der Waals surface area (Å²) in [6.45, 7) is 2.29. The number of nitrogens with one attached hydrogen (secondary N) is 4. The average molecular weight is 510 g/mol. The lowest BCUT2D eigenvalue weighted by Gasteiger charge is -2.21. The molecule has 8 nitrogen and oxygen atoms in total. The second kappa shape index (κ2) is 8.54. The maximum absolute atomic E-state index is 16.0. The third kappa shape index (κ3) is 3.42. The van der Waals surface area contributed by atoms with Crippen LogP contribution in [0.3, 0.4) is 0 Å². The van der Waals surface area contributed by atoms with Gasteiger partial charge in [-0.2, -0.15) is 0 Å². The second-order valence-corrected chi connectivity index (χ2v) is 10.5. The van der Waals surface area contributed by atoms with Gasteiger partial charge in [-0.25, -0.2) is 14.4 Å². The van der Waals surface area contributed by atoms with E-state index < -0.39 is 0 Å². The number of rotatable bonds is 4. The number of hydrogen-bond donors (Lipinski definition) is 4. The van der Waals surface area contributed by atoms with Gasteiger partial charge in [-0.05, 0) is 63.0 Å². The standard InChI is InChI=1S/C29H28FN7O/c30-26-19-11-16(22-13-33-28(35-22)20-3-1-9-31-20)6-8-24(19)37-15-38-25-12-17(5-7-18(25)27(26)37)23-14-34-29(36-23)21-4-2-10-32-21/h5-8,11-14,20-21,31-32H,1-4,9-10,15H2,(H,33,35)(H,34,36)/t20-,21-/m0/s1. The van der Waals surface area contributed by atoms with E-state index in [4.69, 9.17) is 4.74 Å². The maximum atomic E-state index is 16.0. The Hall–Kier alpha value is -3.95. The van der Waals surface area contributed by atoms with Gasteiger partial charge in [0.25, 0.3) is 0 Å². The fraction of sp³-hybridized carbons (Fsp3) is 0.310. The molecule has 6 heterocycles. The first-order chi connectivity index (χ1) is 18.7. The third-order valence-corrected chi connectivity index (χ3v) is 8.18. The first-order valence-electron chi connectivity index (χ1n) is 13.4. The normalized spacial score (nSPS) is 20.6. The van der Waals surface area contributed by atoms with Crippen molar-refractivity contribution in [3.05, 3.63) is 66.3 Å². The molecule has 0 saturated carbocycles. The molecule has 4 N–H and O–H groups in total. The summed E-state index contributed by atoms with van der Waals surface area (Å²) in [4.78, 5) is 16.1. The lowest BCUT2D eigenvalue weighted by molar-refractivity contribution is 0.234. The Morgan fingerprint density at radius 3 is 2.16 bits per heavy atom. The van der Waals surface area contributed by atoms with Crippen molar-refractivity contribution in [3.8, 4) is 39.5 Å². The predicted molar refractivity (Wildman–Crippen MR) is 143 cm³/mol. The van der Waals surface area contributed by atoms with Crippen LogP contribution in [0.1, 0.15) is 49.4 Å². The highest BCUT2D eigenvalue weighted by Gasteiger charge is 2.27. The predicted octanol–water partition coefficient (Wildman–Crippen LogP) is 5.43. The second-order valence-electron chi connectivity index (χ2n) is 10.5. The van der Waals surface area contributed by atoms with Crippen molar-refractivity contribution in [1.29, 1.82) is 0 Å². The molecule has 0 unspecified atom stereocenters. The van der Waals surface area contributed by atoms with Crippen molar-refractivity contribution in [1.82, 2.24) is 35.1 Å². The molecule has 38 heavy (non-hydrogen) atoms. The zero-order valence-corrected chi connectivity index (χ0v) is 20.9. The van der Waals surface area contributed by atoms with Gasteiger partial charge in [0, 0.05) is 22.1 Å². The molecule has 192 valence electrons. The van der Waals surface area contributed by atoms with Crippen LogP contribution < -0.4 is 15.4 Å². The monoisotopic (exact) mass is 509 g/mol. The molecule has 5 aromatic rings. The minimum absolute atomic E-state index is 0.229. The van der Waals surface area contributed by atoms with E-state index in [0.29, 0.717) is 16.8 Å². The van der Waals surface area contributed by atoms with Crippen molar-refractivity contribution < 1.29 is 9.13 Å². The zero-order valence-electron chi connectivity index (χ0n) is 20.9. The Morgan fingerprint density at radius 2 is 1.50 bits per heavy atom. The summed E-state index contributed by atoms with van der Waals surface area (Å²) in [6.07, 6.45) is 8.18. The number of aromatic amines is 2. The zero-order chi connectivity index (χ0) is 25.2. The SMILES string of the molecule is Fc1c2n(c3ccc(-c4cnc([C@@H]5CCCN5)[nH]4)cc13)COc1cc(-c3cnc([C@@H]4CCCN4)[nH]3)ccc1-2. The number of H-pyrrole nitrogens is 2. The molecule has 0 amide bonds. The van der Waals surface area contributed by atoms with Gasteiger partial charge >= 0.3 is 0 Å². The van der Waals surface area contributed by atoms with E-state index in [1.54, 1.807) is 0 Å². The number of hydrogen-bond acceptors (Lipinski definition) is 5. The lowest BCUT2D eigenvalue weighted by atomic mass is 10.0. The van der Waals surface area contributed by atoms with Crippen molar-refractivity contribution in [2.45, 2.75) is 44.5 Å². The van der Waals surface area contributed by atoms with Gasteiger partial charge in [0.2, 0.25) is 0 Å². The fourth-order valence-electron chi connectivity index (χ4n) is 6.17. The molecule has 3 aliphatic rings. The molecule has 0 bridgehead atoms. The third-order valence-electron chi connectivity index (χ3n) is 8.18. The summed E-state index contributed by atoms with van der Waals surface area (Å²) in [5.41, 5.74) is 5.85. The van der Waals surface area contributed by atoms with Gasteiger partial charge in [0.1, 0.15) is 17.4 Å². The Bertz CT molecular complexity index is 1670. The molecule has 8 rings (SSSR count). The summed E-state index contributed by atoms with van der Waals surface area (Å²) in [6, 6.07) is 12.4. The largest absolute Gasteiger partial charge is 0.472 e. The molecule has 0 spiro atoms. The van der Waals surface area contributed by atoms with Crippen LogP contribution in [0, 0.1) is 5.82 Å². The number of halogens is 1. The molecule has 0 aliphatic carbocycles. The van der Waals surface area contributed by atoms with Gasteiger partial charge in [-0.3, -0.25) is 0 Å². The molecular formula is C29H28FN7O. The molecule has 2 saturated heterocycles. The maximum Gasteiger partial charge on any atom is 0.165 e. The molecule has 2 atom stereocenters. The van der Waals surface area contributed by atoms with Crippen LogP contribution in [0.5, 0.6) is 5.75 Å². The van der Waals surface area contributed by atoms with Crippen molar-refractivity contribution in [3.63, 3.8) is 0 Å². The molecule has 2 fully saturated rings. The smallest absolute Gasteiger partial charge is 0.165 e. The highest BCUT2D eigenvalue weighted by molar-refractivity contribution is 5.92. The Kier molecular flexibility index (Phi) is 4.96. The summed E-state index contributed by atoms with van der Waals surface area (Å²) in [5, 5.41) is 7.52. The lowest BCUT2D eigenvalue weighted by Crippen LogP contribution is -2.14. The quantitative estimate of drug-likeness (QED) is 0.259. The number of nitrogens with zero attached hydrogens (tertiary/aromatic N) is 3. The van der Waals surface area contributed by atoms with Crippen LogP contribution in [0.4, 0.5) is 4.39 Å². The van der Waals surface area contributed by atoms with E-state index in [-0.39, 0.29) is 24.6 Å². The van der Waals surface area contributed by atoms with E-state index in [9.17, 15) is 0 Å². The highest BCUT2D eigenvalue weighted by atomic mass is 19.1. The van der Waals surface area contributed by atoms with Crippen molar-refractivity contribution in [2.24, 2.45) is 0 Å². The van der Waals surface area contributed by atoms with Gasteiger partial charge in [-0.1, -0.05) is 12.1 Å². The van der Waals surface area contributed by atoms with Gasteiger partial charge < -0.3 is 29.9 Å². The molecule has 3 aliphatic heterocycles. The van der Waals surface area contributed by atoms with E-state index in [0.717, 1.165) is 84.0 Å². The van der Waals surface area contributed by atoms with Crippen LogP contribution in [0.2, 0.25) is 0 Å². The van der Waals surface area contributed by atoms with Crippen LogP contribution in [-0.4, -0.2) is 37.6 Å². The number of benzene rings is 2. The van der Waals surface area contributed by atoms with Crippen molar-refractivity contribution >= 4 is 10.9 Å². The number of imidazole rings is 2. The molecule has 2 aromatic carbocycles. The van der Waals surface area contributed by atoms with Gasteiger partial charge in [-0.15, -0.1) is 0 Å². The van der Waals surface area contributed by atoms with E-state index in [2.05, 4.69) is 30.6 Å². The van der Waals surface area contributed by atoms with Crippen molar-refractivity contribution in [2.75, 3.05) is 13.1 Å².